The van der Waals surface area contributed by atoms with E-state index in [9.17, 15) is 5.11 Å². The fourth-order valence-corrected chi connectivity index (χ4v) is 2.90. The van der Waals surface area contributed by atoms with Crippen molar-refractivity contribution >= 4 is 33.3 Å². The Balaban J connectivity index is 2.16. The van der Waals surface area contributed by atoms with Gasteiger partial charge in [-0.05, 0) is 39.7 Å². The molecular formula is C14H22N4OS. The van der Waals surface area contributed by atoms with Gasteiger partial charge < -0.3 is 15.7 Å². The summed E-state index contributed by atoms with van der Waals surface area (Å²) >= 11 is 1.68. The molecular weight excluding hydrogens is 272 g/mol. The number of aromatic nitrogens is 2. The normalized spacial score (nSPS) is 12.6. The lowest BCUT2D eigenvalue weighted by Gasteiger charge is -2.09. The Morgan fingerprint density at radius 3 is 2.85 bits per heavy atom. The fourth-order valence-electron chi connectivity index (χ4n) is 2.02. The van der Waals surface area contributed by atoms with Crippen LogP contribution in [-0.2, 0) is 0 Å². The van der Waals surface area contributed by atoms with E-state index in [4.69, 9.17) is 0 Å². The highest BCUT2D eigenvalue weighted by molar-refractivity contribution is 7.18. The summed E-state index contributed by atoms with van der Waals surface area (Å²) < 4.78 is 0. The maximum Gasteiger partial charge on any atom is 0.226 e. The van der Waals surface area contributed by atoms with Crippen molar-refractivity contribution in [1.29, 1.82) is 0 Å². The number of anilines is 2. The minimum Gasteiger partial charge on any atom is -0.393 e. The van der Waals surface area contributed by atoms with Gasteiger partial charge in [0.2, 0.25) is 5.95 Å². The Kier molecular flexibility index (Phi) is 5.14. The molecule has 0 aliphatic rings. The van der Waals surface area contributed by atoms with Crippen LogP contribution in [0.1, 0.15) is 31.6 Å². The van der Waals surface area contributed by atoms with Crippen LogP contribution in [0, 0.1) is 6.92 Å². The van der Waals surface area contributed by atoms with Crippen molar-refractivity contribution in [3.05, 3.63) is 10.9 Å². The molecule has 3 N–H and O–H groups in total. The van der Waals surface area contributed by atoms with Crippen LogP contribution in [0.25, 0.3) is 10.2 Å². The quantitative estimate of drug-likeness (QED) is 0.685. The zero-order chi connectivity index (χ0) is 14.5. The summed E-state index contributed by atoms with van der Waals surface area (Å²) in [5, 5.41) is 16.9. The lowest BCUT2D eigenvalue weighted by atomic mass is 10.2. The summed E-state index contributed by atoms with van der Waals surface area (Å²) in [5.74, 6) is 1.54. The molecule has 0 radical (unpaired) electrons. The third-order valence-corrected chi connectivity index (χ3v) is 3.89. The molecule has 0 aromatic carbocycles. The van der Waals surface area contributed by atoms with Crippen molar-refractivity contribution in [3.63, 3.8) is 0 Å². The summed E-state index contributed by atoms with van der Waals surface area (Å²) in [6, 6.07) is 2.12. The van der Waals surface area contributed by atoms with Crippen LogP contribution in [0.4, 0.5) is 11.8 Å². The van der Waals surface area contributed by atoms with Gasteiger partial charge in [0, 0.05) is 18.0 Å². The smallest absolute Gasteiger partial charge is 0.226 e. The van der Waals surface area contributed by atoms with Gasteiger partial charge in [0.25, 0.3) is 0 Å². The molecule has 2 rings (SSSR count). The molecule has 2 aromatic rings. The van der Waals surface area contributed by atoms with Crippen LogP contribution in [0.15, 0.2) is 6.07 Å². The van der Waals surface area contributed by atoms with E-state index in [1.54, 1.807) is 11.3 Å². The molecule has 1 atom stereocenters. The minimum absolute atomic E-state index is 0.247. The number of fused-ring (bicyclic) bond motifs is 1. The SMILES string of the molecule is CCNc1nc(NCCCC(C)O)c2cc(C)sc2n1. The van der Waals surface area contributed by atoms with Crippen molar-refractivity contribution in [2.45, 2.75) is 39.7 Å². The highest BCUT2D eigenvalue weighted by Gasteiger charge is 2.10. The average Bonchev–Trinajstić information content (AvgIpc) is 2.75. The number of thiophene rings is 1. The lowest BCUT2D eigenvalue weighted by molar-refractivity contribution is 0.183. The number of nitrogens with one attached hydrogen (secondary N) is 2. The molecule has 0 bridgehead atoms. The van der Waals surface area contributed by atoms with Crippen LogP contribution >= 0.6 is 11.3 Å². The van der Waals surface area contributed by atoms with Gasteiger partial charge in [-0.3, -0.25) is 0 Å². The maximum atomic E-state index is 9.28. The van der Waals surface area contributed by atoms with E-state index in [0.717, 1.165) is 42.0 Å². The van der Waals surface area contributed by atoms with E-state index in [1.165, 1.54) is 4.88 Å². The Morgan fingerprint density at radius 1 is 1.35 bits per heavy atom. The first kappa shape index (κ1) is 15.0. The molecule has 0 aliphatic heterocycles. The van der Waals surface area contributed by atoms with E-state index in [0.29, 0.717) is 5.95 Å². The molecule has 20 heavy (non-hydrogen) atoms. The number of rotatable bonds is 7. The second kappa shape index (κ2) is 6.85. The molecule has 1 unspecified atom stereocenters. The van der Waals surface area contributed by atoms with E-state index < -0.39 is 0 Å². The number of hydrogen-bond donors (Lipinski definition) is 3. The third-order valence-electron chi connectivity index (χ3n) is 2.94. The second-order valence-electron chi connectivity index (χ2n) is 4.92. The fraction of sp³-hybridized carbons (Fsp3) is 0.571. The topological polar surface area (TPSA) is 70.1 Å². The Bertz CT molecular complexity index is 568. The predicted octanol–water partition coefficient (Wildman–Crippen LogP) is 3.00. The first-order valence-corrected chi connectivity index (χ1v) is 7.85. The molecule has 0 saturated heterocycles. The molecule has 2 aromatic heterocycles. The van der Waals surface area contributed by atoms with Crippen LogP contribution in [-0.4, -0.2) is 34.3 Å². The van der Waals surface area contributed by atoms with Gasteiger partial charge in [0.15, 0.2) is 0 Å². The Morgan fingerprint density at radius 2 is 2.15 bits per heavy atom. The van der Waals surface area contributed by atoms with Gasteiger partial charge in [-0.1, -0.05) is 0 Å². The van der Waals surface area contributed by atoms with Gasteiger partial charge in [-0.2, -0.15) is 4.98 Å². The second-order valence-corrected chi connectivity index (χ2v) is 6.15. The predicted molar refractivity (Wildman–Crippen MR) is 85.7 cm³/mol. The van der Waals surface area contributed by atoms with Crippen LogP contribution in [0.2, 0.25) is 0 Å². The maximum absolute atomic E-state index is 9.28. The standard InChI is InChI=1S/C14H22N4OS/c1-4-15-14-17-12(16-7-5-6-9(2)19)11-8-10(3)20-13(11)18-14/h8-9,19H,4-7H2,1-3H3,(H2,15,16,17,18). The monoisotopic (exact) mass is 294 g/mol. The van der Waals surface area contributed by atoms with Crippen molar-refractivity contribution < 1.29 is 5.11 Å². The van der Waals surface area contributed by atoms with Crippen LogP contribution < -0.4 is 10.6 Å². The van der Waals surface area contributed by atoms with Crippen molar-refractivity contribution in [3.8, 4) is 0 Å². The molecule has 0 amide bonds. The third kappa shape index (κ3) is 3.80. The van der Waals surface area contributed by atoms with Crippen molar-refractivity contribution in [1.82, 2.24) is 9.97 Å². The molecule has 2 heterocycles. The van der Waals surface area contributed by atoms with E-state index in [1.807, 2.05) is 13.8 Å². The average molecular weight is 294 g/mol. The molecule has 0 saturated carbocycles. The van der Waals surface area contributed by atoms with Crippen molar-refractivity contribution in [2.24, 2.45) is 0 Å². The Hall–Kier alpha value is -1.40. The minimum atomic E-state index is -0.247. The molecule has 5 nitrogen and oxygen atoms in total. The summed E-state index contributed by atoms with van der Waals surface area (Å²) in [4.78, 5) is 11.3. The highest BCUT2D eigenvalue weighted by atomic mass is 32.1. The van der Waals surface area contributed by atoms with Crippen LogP contribution in [0.3, 0.4) is 0 Å². The molecule has 0 aliphatic carbocycles. The van der Waals surface area contributed by atoms with Crippen LogP contribution in [0.5, 0.6) is 0 Å². The van der Waals surface area contributed by atoms with Crippen molar-refractivity contribution in [2.75, 3.05) is 23.7 Å². The lowest BCUT2D eigenvalue weighted by Crippen LogP contribution is -2.09. The largest absolute Gasteiger partial charge is 0.393 e. The van der Waals surface area contributed by atoms with Gasteiger partial charge in [-0.15, -0.1) is 11.3 Å². The zero-order valence-electron chi connectivity index (χ0n) is 12.2. The zero-order valence-corrected chi connectivity index (χ0v) is 13.0. The first-order valence-electron chi connectivity index (χ1n) is 7.04. The molecule has 6 heteroatoms. The number of aryl methyl sites for hydroxylation is 1. The van der Waals surface area contributed by atoms with Gasteiger partial charge in [-0.25, -0.2) is 4.98 Å². The molecule has 0 spiro atoms. The number of nitrogens with zero attached hydrogens (tertiary/aromatic N) is 2. The summed E-state index contributed by atoms with van der Waals surface area (Å²) in [5.41, 5.74) is 0. The van der Waals surface area contributed by atoms with Gasteiger partial charge in [0.1, 0.15) is 10.6 Å². The highest BCUT2D eigenvalue weighted by Crippen LogP contribution is 2.29. The number of aliphatic hydroxyl groups is 1. The summed E-state index contributed by atoms with van der Waals surface area (Å²) in [6.45, 7) is 7.53. The van der Waals surface area contributed by atoms with Gasteiger partial charge >= 0.3 is 0 Å². The Labute approximate surface area is 123 Å². The molecule has 0 fully saturated rings. The van der Waals surface area contributed by atoms with E-state index in [2.05, 4.69) is 33.6 Å². The van der Waals surface area contributed by atoms with E-state index in [-0.39, 0.29) is 6.10 Å². The summed E-state index contributed by atoms with van der Waals surface area (Å²) in [7, 11) is 0. The summed E-state index contributed by atoms with van der Waals surface area (Å²) in [6.07, 6.45) is 1.47. The number of aliphatic hydroxyl groups excluding tert-OH is 1. The number of hydrogen-bond acceptors (Lipinski definition) is 6. The van der Waals surface area contributed by atoms with E-state index >= 15 is 0 Å². The first-order chi connectivity index (χ1) is 9.60. The van der Waals surface area contributed by atoms with Gasteiger partial charge in [0.05, 0.1) is 11.5 Å². The molecule has 110 valence electrons.